The number of hydrogen-bond donors (Lipinski definition) is 2. The van der Waals surface area contributed by atoms with Crippen LogP contribution >= 0.6 is 0 Å². The molecule has 0 unspecified atom stereocenters. The molecule has 0 aliphatic rings. The summed E-state index contributed by atoms with van der Waals surface area (Å²) in [5.74, 6) is 0.110. The van der Waals surface area contributed by atoms with E-state index >= 15 is 0 Å². The molecule has 8 heteroatoms. The van der Waals surface area contributed by atoms with E-state index in [9.17, 15) is 9.59 Å². The number of nitrogens with one attached hydrogen (secondary N) is 2. The number of rotatable bonds is 8. The van der Waals surface area contributed by atoms with Crippen LogP contribution < -0.4 is 15.4 Å². The number of imidazole rings is 1. The van der Waals surface area contributed by atoms with E-state index in [-0.39, 0.29) is 17.4 Å². The van der Waals surface area contributed by atoms with E-state index in [2.05, 4.69) is 15.6 Å². The molecule has 28 heavy (non-hydrogen) atoms. The van der Waals surface area contributed by atoms with Gasteiger partial charge in [0.25, 0.3) is 11.8 Å². The Bertz CT molecular complexity index is 966. The van der Waals surface area contributed by atoms with Crippen LogP contribution in [0.15, 0.2) is 48.7 Å². The van der Waals surface area contributed by atoms with Crippen molar-refractivity contribution in [2.75, 3.05) is 32.7 Å². The van der Waals surface area contributed by atoms with Crippen LogP contribution in [-0.4, -0.2) is 48.6 Å². The molecule has 0 bridgehead atoms. The van der Waals surface area contributed by atoms with Crippen molar-refractivity contribution in [1.29, 1.82) is 0 Å². The third-order valence-corrected chi connectivity index (χ3v) is 4.13. The average Bonchev–Trinajstić information content (AvgIpc) is 3.11. The van der Waals surface area contributed by atoms with Crippen LogP contribution in [0.4, 0.5) is 5.69 Å². The smallest absolute Gasteiger partial charge is 0.287 e. The Kier molecular flexibility index (Phi) is 6.23. The van der Waals surface area contributed by atoms with Gasteiger partial charge in [-0.2, -0.15) is 0 Å². The highest BCUT2D eigenvalue weighted by Crippen LogP contribution is 2.18. The SMILES string of the molecule is COCCCNC(=O)c1nc(C(=O)Nc2ccc(OC)cc2)c2ccccn12. The fraction of sp³-hybridized carbons (Fsp3) is 0.250. The van der Waals surface area contributed by atoms with E-state index in [1.165, 1.54) is 0 Å². The first kappa shape index (κ1) is 19.4. The van der Waals surface area contributed by atoms with Crippen molar-refractivity contribution < 1.29 is 19.1 Å². The van der Waals surface area contributed by atoms with E-state index in [4.69, 9.17) is 9.47 Å². The van der Waals surface area contributed by atoms with Gasteiger partial charge in [0.2, 0.25) is 5.82 Å². The fourth-order valence-electron chi connectivity index (χ4n) is 2.73. The third-order valence-electron chi connectivity index (χ3n) is 4.13. The summed E-state index contributed by atoms with van der Waals surface area (Å²) in [7, 11) is 3.18. The van der Waals surface area contributed by atoms with Gasteiger partial charge in [0.15, 0.2) is 5.69 Å². The van der Waals surface area contributed by atoms with Crippen molar-refractivity contribution in [2.24, 2.45) is 0 Å². The van der Waals surface area contributed by atoms with Gasteiger partial charge in [0, 0.05) is 32.1 Å². The zero-order valence-corrected chi connectivity index (χ0v) is 15.8. The molecule has 0 aliphatic carbocycles. The van der Waals surface area contributed by atoms with Crippen LogP contribution in [0, 0.1) is 0 Å². The van der Waals surface area contributed by atoms with Gasteiger partial charge in [-0.15, -0.1) is 0 Å². The van der Waals surface area contributed by atoms with Gasteiger partial charge in [-0.1, -0.05) is 6.07 Å². The van der Waals surface area contributed by atoms with Gasteiger partial charge < -0.3 is 20.1 Å². The summed E-state index contributed by atoms with van der Waals surface area (Å²) < 4.78 is 11.7. The van der Waals surface area contributed by atoms with E-state index in [0.717, 1.165) is 0 Å². The quantitative estimate of drug-likeness (QED) is 0.584. The normalized spacial score (nSPS) is 10.6. The number of hydrogen-bond acceptors (Lipinski definition) is 5. The molecule has 0 saturated carbocycles. The summed E-state index contributed by atoms with van der Waals surface area (Å²) in [5.41, 5.74) is 1.34. The second kappa shape index (κ2) is 9.01. The first-order valence-electron chi connectivity index (χ1n) is 8.83. The van der Waals surface area contributed by atoms with Crippen LogP contribution in [0.2, 0.25) is 0 Å². The predicted octanol–water partition coefficient (Wildman–Crippen LogP) is 2.36. The Labute approximate surface area is 162 Å². The molecule has 0 aliphatic heterocycles. The minimum atomic E-state index is -0.396. The van der Waals surface area contributed by atoms with Gasteiger partial charge in [0.1, 0.15) is 5.75 Å². The second-order valence-electron chi connectivity index (χ2n) is 6.02. The Hall–Kier alpha value is -3.39. The lowest BCUT2D eigenvalue weighted by molar-refractivity contribution is 0.0937. The molecule has 2 amide bonds. The van der Waals surface area contributed by atoms with Gasteiger partial charge in [-0.05, 0) is 42.8 Å². The lowest BCUT2D eigenvalue weighted by Gasteiger charge is -2.05. The number of nitrogens with zero attached hydrogens (tertiary/aromatic N) is 2. The first-order chi connectivity index (χ1) is 13.6. The number of carbonyl (C=O) groups is 2. The van der Waals surface area contributed by atoms with Crippen molar-refractivity contribution >= 4 is 23.0 Å². The lowest BCUT2D eigenvalue weighted by atomic mass is 10.2. The summed E-state index contributed by atoms with van der Waals surface area (Å²) in [6, 6.07) is 12.3. The number of methoxy groups -OCH3 is 2. The molecule has 0 fully saturated rings. The largest absolute Gasteiger partial charge is 0.497 e. The van der Waals surface area contributed by atoms with E-state index < -0.39 is 5.91 Å². The summed E-state index contributed by atoms with van der Waals surface area (Å²) >= 11 is 0. The molecule has 0 saturated heterocycles. The number of amides is 2. The van der Waals surface area contributed by atoms with Crippen LogP contribution in [0.25, 0.3) is 5.52 Å². The maximum absolute atomic E-state index is 12.8. The molecule has 3 rings (SSSR count). The minimum Gasteiger partial charge on any atom is -0.497 e. The maximum atomic E-state index is 12.8. The Balaban J connectivity index is 1.82. The standard InChI is InChI=1S/C20H22N4O4/c1-27-13-5-11-21-20(26)18-23-17(16-6-3-4-12-24(16)18)19(25)22-14-7-9-15(28-2)10-8-14/h3-4,6-10,12H,5,11,13H2,1-2H3,(H,21,26)(H,22,25). The number of carbonyl (C=O) groups excluding carboxylic acids is 2. The maximum Gasteiger partial charge on any atom is 0.287 e. The molecule has 8 nitrogen and oxygen atoms in total. The van der Waals surface area contributed by atoms with Crippen molar-refractivity contribution in [2.45, 2.75) is 6.42 Å². The number of ether oxygens (including phenoxy) is 2. The highest BCUT2D eigenvalue weighted by Gasteiger charge is 2.21. The van der Waals surface area contributed by atoms with Gasteiger partial charge in [0.05, 0.1) is 12.6 Å². The molecule has 2 N–H and O–H groups in total. The van der Waals surface area contributed by atoms with Crippen molar-refractivity contribution in [3.05, 3.63) is 60.2 Å². The Morgan fingerprint density at radius 3 is 2.57 bits per heavy atom. The van der Waals surface area contributed by atoms with E-state index in [1.54, 1.807) is 67.3 Å². The zero-order valence-electron chi connectivity index (χ0n) is 15.8. The monoisotopic (exact) mass is 382 g/mol. The molecular formula is C20H22N4O4. The average molecular weight is 382 g/mol. The minimum absolute atomic E-state index is 0.160. The number of fused-ring (bicyclic) bond motifs is 1. The highest BCUT2D eigenvalue weighted by atomic mass is 16.5. The topological polar surface area (TPSA) is 94.0 Å². The number of aromatic nitrogens is 2. The van der Waals surface area contributed by atoms with Gasteiger partial charge >= 0.3 is 0 Å². The van der Waals surface area contributed by atoms with Gasteiger partial charge in [-0.25, -0.2) is 4.98 Å². The Morgan fingerprint density at radius 2 is 1.86 bits per heavy atom. The van der Waals surface area contributed by atoms with Crippen molar-refractivity contribution in [3.63, 3.8) is 0 Å². The molecule has 0 atom stereocenters. The number of pyridine rings is 1. The molecule has 2 heterocycles. The molecule has 0 spiro atoms. The fourth-order valence-corrected chi connectivity index (χ4v) is 2.73. The van der Waals surface area contributed by atoms with Gasteiger partial charge in [-0.3, -0.25) is 14.0 Å². The third kappa shape index (κ3) is 4.29. The van der Waals surface area contributed by atoms with E-state index in [0.29, 0.717) is 36.5 Å². The van der Waals surface area contributed by atoms with Crippen LogP contribution in [0.3, 0.4) is 0 Å². The second-order valence-corrected chi connectivity index (χ2v) is 6.02. The van der Waals surface area contributed by atoms with E-state index in [1.807, 2.05) is 0 Å². The summed E-state index contributed by atoms with van der Waals surface area (Å²) in [4.78, 5) is 29.6. The summed E-state index contributed by atoms with van der Waals surface area (Å²) in [6.45, 7) is 1.01. The first-order valence-corrected chi connectivity index (χ1v) is 8.83. The molecule has 3 aromatic rings. The van der Waals surface area contributed by atoms with Crippen LogP contribution in [0.1, 0.15) is 27.5 Å². The molecule has 2 aromatic heterocycles. The van der Waals surface area contributed by atoms with Crippen LogP contribution in [-0.2, 0) is 4.74 Å². The number of anilines is 1. The Morgan fingerprint density at radius 1 is 1.07 bits per heavy atom. The predicted molar refractivity (Wildman–Crippen MR) is 105 cm³/mol. The van der Waals surface area contributed by atoms with Crippen LogP contribution in [0.5, 0.6) is 5.75 Å². The van der Waals surface area contributed by atoms with Crippen molar-refractivity contribution in [1.82, 2.24) is 14.7 Å². The highest BCUT2D eigenvalue weighted by molar-refractivity contribution is 6.08. The summed E-state index contributed by atoms with van der Waals surface area (Å²) in [5, 5.41) is 5.59. The molecule has 1 aromatic carbocycles. The zero-order chi connectivity index (χ0) is 19.9. The number of benzene rings is 1. The van der Waals surface area contributed by atoms with Crippen molar-refractivity contribution in [3.8, 4) is 5.75 Å². The molecular weight excluding hydrogens is 360 g/mol. The lowest BCUT2D eigenvalue weighted by Crippen LogP contribution is -2.27. The summed E-state index contributed by atoms with van der Waals surface area (Å²) in [6.07, 6.45) is 2.40. The molecule has 0 radical (unpaired) electrons. The molecule has 146 valence electrons.